The van der Waals surface area contributed by atoms with E-state index in [1.165, 1.54) is 0 Å². The van der Waals surface area contributed by atoms with Gasteiger partial charge in [0.1, 0.15) is 11.9 Å². The number of nitrogens with zero attached hydrogens (tertiary/aromatic N) is 5. The third kappa shape index (κ3) is 3.74. The highest BCUT2D eigenvalue weighted by Gasteiger charge is 2.28. The van der Waals surface area contributed by atoms with Crippen LogP contribution in [0.5, 0.6) is 0 Å². The molecular formula is C24H20N10O. The van der Waals surface area contributed by atoms with Crippen molar-refractivity contribution in [2.75, 3.05) is 23.0 Å². The molecule has 6 heterocycles. The third-order valence-corrected chi connectivity index (χ3v) is 5.77. The van der Waals surface area contributed by atoms with Crippen LogP contribution in [0.2, 0.25) is 0 Å². The number of hydrogen-bond donors (Lipinski definition) is 5. The highest BCUT2D eigenvalue weighted by molar-refractivity contribution is 5.91. The fourth-order valence-electron chi connectivity index (χ4n) is 4.09. The van der Waals surface area contributed by atoms with Crippen LogP contribution in [0.4, 0.5) is 22.0 Å². The van der Waals surface area contributed by atoms with Crippen LogP contribution in [0.1, 0.15) is 11.9 Å². The van der Waals surface area contributed by atoms with Gasteiger partial charge in [0, 0.05) is 65.7 Å². The van der Waals surface area contributed by atoms with Gasteiger partial charge in [-0.05, 0) is 24.3 Å². The Hall–Kier alpha value is -5.06. The Morgan fingerprint density at radius 2 is 1.83 bits per heavy atom. The van der Waals surface area contributed by atoms with Crippen molar-refractivity contribution in [2.45, 2.75) is 6.17 Å². The summed E-state index contributed by atoms with van der Waals surface area (Å²) >= 11 is 0. The summed E-state index contributed by atoms with van der Waals surface area (Å²) in [5.41, 5.74) is 6.56. The molecule has 0 saturated heterocycles. The van der Waals surface area contributed by atoms with Gasteiger partial charge in [-0.2, -0.15) is 5.10 Å². The predicted molar refractivity (Wildman–Crippen MR) is 133 cm³/mol. The van der Waals surface area contributed by atoms with E-state index in [1.54, 1.807) is 38.0 Å². The molecule has 1 atom stereocenters. The van der Waals surface area contributed by atoms with Gasteiger partial charge in [0.2, 0.25) is 0 Å². The van der Waals surface area contributed by atoms with Crippen LogP contribution in [-0.2, 0) is 0 Å². The molecule has 172 valence electrons. The predicted octanol–water partition coefficient (Wildman–Crippen LogP) is 3.76. The van der Waals surface area contributed by atoms with Gasteiger partial charge < -0.3 is 21.3 Å². The zero-order chi connectivity index (χ0) is 23.8. The van der Waals surface area contributed by atoms with E-state index in [9.17, 15) is 4.79 Å². The number of urea groups is 1. The van der Waals surface area contributed by atoms with Gasteiger partial charge in [0.15, 0.2) is 11.5 Å². The smallest absolute Gasteiger partial charge is 0.319 e. The molecule has 6 rings (SSSR count). The maximum Gasteiger partial charge on any atom is 0.319 e. The topological polar surface area (TPSA) is 145 Å². The Balaban J connectivity index is 1.34. The highest BCUT2D eigenvalue weighted by Crippen LogP contribution is 2.41. The van der Waals surface area contributed by atoms with Gasteiger partial charge in [-0.15, -0.1) is 0 Å². The zero-order valence-electron chi connectivity index (χ0n) is 18.6. The molecule has 2 amide bonds. The molecule has 5 aromatic heterocycles. The molecule has 0 fully saturated rings. The molecular weight excluding hydrogens is 444 g/mol. The number of carbonyl (C=O) groups excluding carboxylic acids is 1. The molecule has 1 unspecified atom stereocenters. The first-order valence-electron chi connectivity index (χ1n) is 10.9. The van der Waals surface area contributed by atoms with Crippen molar-refractivity contribution in [3.63, 3.8) is 0 Å². The van der Waals surface area contributed by atoms with Crippen molar-refractivity contribution >= 4 is 34.3 Å². The van der Waals surface area contributed by atoms with Crippen molar-refractivity contribution in [2.24, 2.45) is 0 Å². The van der Waals surface area contributed by atoms with Crippen LogP contribution < -0.4 is 21.3 Å². The van der Waals surface area contributed by atoms with Crippen LogP contribution in [0.15, 0.2) is 67.5 Å². The summed E-state index contributed by atoms with van der Waals surface area (Å²) in [6.07, 6.45) is 10.1. The van der Waals surface area contributed by atoms with Crippen molar-refractivity contribution in [3.05, 3.63) is 73.2 Å². The van der Waals surface area contributed by atoms with Crippen LogP contribution in [0, 0.1) is 0 Å². The SMILES string of the molecule is CNC(=O)Nc1cncc(-c2cnc3[nH]nc(C4Nc5nccc(-c6cccnc6)c5N4)c3c2)c1. The first kappa shape index (κ1) is 20.5. The number of nitrogens with one attached hydrogen (secondary N) is 5. The van der Waals surface area contributed by atoms with Crippen molar-refractivity contribution in [1.82, 2.24) is 35.5 Å². The molecule has 0 bridgehead atoms. The average molecular weight is 464 g/mol. The van der Waals surface area contributed by atoms with E-state index in [-0.39, 0.29) is 12.2 Å². The molecule has 0 spiro atoms. The molecule has 5 aromatic rings. The minimum absolute atomic E-state index is 0.305. The van der Waals surface area contributed by atoms with E-state index in [0.717, 1.165) is 44.8 Å². The molecule has 0 aliphatic carbocycles. The molecule has 0 radical (unpaired) electrons. The number of aromatic nitrogens is 6. The first-order valence-corrected chi connectivity index (χ1v) is 10.9. The number of rotatable bonds is 4. The molecule has 1 aliphatic rings. The molecule has 0 aromatic carbocycles. The van der Waals surface area contributed by atoms with Crippen molar-refractivity contribution in [3.8, 4) is 22.3 Å². The number of pyridine rings is 4. The Kier molecular flexibility index (Phi) is 4.91. The molecule has 5 N–H and O–H groups in total. The lowest BCUT2D eigenvalue weighted by Crippen LogP contribution is -2.24. The molecule has 11 nitrogen and oxygen atoms in total. The minimum atomic E-state index is -0.313. The number of fused-ring (bicyclic) bond motifs is 2. The van der Waals surface area contributed by atoms with E-state index >= 15 is 0 Å². The molecule has 0 saturated carbocycles. The second-order valence-electron chi connectivity index (χ2n) is 7.94. The van der Waals surface area contributed by atoms with Crippen LogP contribution in [-0.4, -0.2) is 43.2 Å². The van der Waals surface area contributed by atoms with Gasteiger partial charge in [-0.3, -0.25) is 15.1 Å². The number of anilines is 3. The normalized spacial score (nSPS) is 14.1. The zero-order valence-corrected chi connectivity index (χ0v) is 18.6. The average Bonchev–Trinajstić information content (AvgIpc) is 3.53. The summed E-state index contributed by atoms with van der Waals surface area (Å²) in [7, 11) is 1.56. The van der Waals surface area contributed by atoms with Gasteiger partial charge in [0.25, 0.3) is 0 Å². The molecule has 1 aliphatic heterocycles. The number of amides is 2. The lowest BCUT2D eigenvalue weighted by molar-refractivity contribution is 0.254. The second kappa shape index (κ2) is 8.37. The first-order chi connectivity index (χ1) is 17.2. The monoisotopic (exact) mass is 464 g/mol. The van der Waals surface area contributed by atoms with E-state index in [2.05, 4.69) is 51.4 Å². The Labute approximate surface area is 199 Å². The number of hydrogen-bond acceptors (Lipinski definition) is 8. The summed E-state index contributed by atoms with van der Waals surface area (Å²) < 4.78 is 0. The summed E-state index contributed by atoms with van der Waals surface area (Å²) in [5, 5.41) is 20.6. The van der Waals surface area contributed by atoms with E-state index in [0.29, 0.717) is 11.3 Å². The summed E-state index contributed by atoms with van der Waals surface area (Å²) in [4.78, 5) is 29.2. The quantitative estimate of drug-likeness (QED) is 0.270. The lowest BCUT2D eigenvalue weighted by Gasteiger charge is -2.11. The fourth-order valence-corrected chi connectivity index (χ4v) is 4.09. The van der Waals surface area contributed by atoms with Gasteiger partial charge in [-0.1, -0.05) is 6.07 Å². The van der Waals surface area contributed by atoms with Crippen LogP contribution in [0.25, 0.3) is 33.3 Å². The standard InChI is InChI=1S/C24H20N10O/c1-25-24(35)30-16-7-14(10-27-12-16)15-8-18-20(33-34-21(18)29-11-15)23-31-19-17(4-6-28-22(19)32-23)13-3-2-5-26-9-13/h2-12,23,31H,1H3,(H,28,32)(H2,25,30,35)(H,29,33,34). The maximum atomic E-state index is 11.7. The van der Waals surface area contributed by atoms with E-state index in [1.807, 2.05) is 36.5 Å². The maximum absolute atomic E-state index is 11.7. The summed E-state index contributed by atoms with van der Waals surface area (Å²) in [6.45, 7) is 0. The van der Waals surface area contributed by atoms with E-state index < -0.39 is 0 Å². The number of carbonyl (C=O) groups is 1. The van der Waals surface area contributed by atoms with Crippen molar-refractivity contribution in [1.29, 1.82) is 0 Å². The third-order valence-electron chi connectivity index (χ3n) is 5.77. The second-order valence-corrected chi connectivity index (χ2v) is 7.94. The Morgan fingerprint density at radius 1 is 0.943 bits per heavy atom. The van der Waals surface area contributed by atoms with Crippen molar-refractivity contribution < 1.29 is 4.79 Å². The Bertz CT molecular complexity index is 1550. The lowest BCUT2D eigenvalue weighted by atomic mass is 10.1. The molecule has 35 heavy (non-hydrogen) atoms. The minimum Gasteiger partial charge on any atom is -0.357 e. The summed E-state index contributed by atoms with van der Waals surface area (Å²) in [5.74, 6) is 0.744. The number of H-pyrrole nitrogens is 1. The fraction of sp³-hybridized carbons (Fsp3) is 0.0833. The van der Waals surface area contributed by atoms with Gasteiger partial charge >= 0.3 is 6.03 Å². The van der Waals surface area contributed by atoms with Crippen LogP contribution >= 0.6 is 0 Å². The van der Waals surface area contributed by atoms with Gasteiger partial charge in [0.05, 0.1) is 17.6 Å². The van der Waals surface area contributed by atoms with E-state index in [4.69, 9.17) is 0 Å². The highest BCUT2D eigenvalue weighted by atomic mass is 16.2. The number of aromatic amines is 1. The Morgan fingerprint density at radius 3 is 2.69 bits per heavy atom. The van der Waals surface area contributed by atoms with Crippen LogP contribution in [0.3, 0.4) is 0 Å². The van der Waals surface area contributed by atoms with Gasteiger partial charge in [-0.25, -0.2) is 14.8 Å². The largest absolute Gasteiger partial charge is 0.357 e. The molecule has 11 heteroatoms. The summed E-state index contributed by atoms with van der Waals surface area (Å²) in [6, 6.07) is 9.42.